The van der Waals surface area contributed by atoms with Gasteiger partial charge in [-0.15, -0.1) is 0 Å². The summed E-state index contributed by atoms with van der Waals surface area (Å²) in [5, 5.41) is 12.3. The molecule has 32 heavy (non-hydrogen) atoms. The van der Waals surface area contributed by atoms with E-state index in [0.29, 0.717) is 44.4 Å². The third kappa shape index (κ3) is 9.47. The molecule has 2 rings (SSSR count). The predicted octanol–water partition coefficient (Wildman–Crippen LogP) is 4.35. The quantitative estimate of drug-likeness (QED) is 0.496. The Hall–Kier alpha value is -2.28. The maximum Gasteiger partial charge on any atom is 0.333 e. The van der Waals surface area contributed by atoms with E-state index < -0.39 is 12.1 Å². The summed E-state index contributed by atoms with van der Waals surface area (Å²) in [5.41, 5.74) is 0.914. The van der Waals surface area contributed by atoms with Gasteiger partial charge in [0.15, 0.2) is 6.10 Å². The minimum absolute atomic E-state index is 0.0265. The van der Waals surface area contributed by atoms with E-state index in [1.807, 2.05) is 29.2 Å². The average Bonchev–Trinajstić information content (AvgIpc) is 3.24. The van der Waals surface area contributed by atoms with Crippen molar-refractivity contribution < 1.29 is 24.2 Å². The van der Waals surface area contributed by atoms with Crippen LogP contribution in [0.15, 0.2) is 24.3 Å². The van der Waals surface area contributed by atoms with Crippen LogP contribution >= 0.6 is 0 Å². The summed E-state index contributed by atoms with van der Waals surface area (Å²) in [4.78, 5) is 25.9. The van der Waals surface area contributed by atoms with E-state index in [4.69, 9.17) is 9.47 Å². The molecule has 1 atom stereocenters. The van der Waals surface area contributed by atoms with Gasteiger partial charge >= 0.3 is 12.0 Å². The molecule has 1 aliphatic rings. The van der Waals surface area contributed by atoms with Gasteiger partial charge in [0.05, 0.1) is 6.54 Å². The molecule has 0 saturated heterocycles. The van der Waals surface area contributed by atoms with Gasteiger partial charge in [0, 0.05) is 26.1 Å². The van der Waals surface area contributed by atoms with E-state index in [9.17, 15) is 14.7 Å². The van der Waals surface area contributed by atoms with Crippen molar-refractivity contribution in [2.45, 2.75) is 65.9 Å². The molecule has 0 radical (unpaired) electrons. The second-order valence-electron chi connectivity index (χ2n) is 9.79. The van der Waals surface area contributed by atoms with Gasteiger partial charge in [-0.2, -0.15) is 0 Å². The van der Waals surface area contributed by atoms with Crippen LogP contribution in [-0.4, -0.2) is 61.0 Å². The van der Waals surface area contributed by atoms with Crippen LogP contribution in [0.2, 0.25) is 0 Å². The number of ether oxygens (including phenoxy) is 2. The monoisotopic (exact) mass is 448 g/mol. The fraction of sp³-hybridized carbons (Fsp3) is 0.680. The van der Waals surface area contributed by atoms with Crippen LogP contribution in [0.1, 0.15) is 58.9 Å². The van der Waals surface area contributed by atoms with Crippen LogP contribution in [-0.2, 0) is 16.0 Å². The molecule has 1 aromatic carbocycles. The lowest BCUT2D eigenvalue weighted by Gasteiger charge is -2.28. The highest BCUT2D eigenvalue weighted by molar-refractivity contribution is 5.74. The molecular weight excluding hydrogens is 408 g/mol. The van der Waals surface area contributed by atoms with Gasteiger partial charge in [0.1, 0.15) is 12.4 Å². The van der Waals surface area contributed by atoms with Crippen molar-refractivity contribution in [3.8, 4) is 5.75 Å². The summed E-state index contributed by atoms with van der Waals surface area (Å²) in [6.45, 7) is 10.8. The number of carboxylic acids is 1. The van der Waals surface area contributed by atoms with Crippen LogP contribution < -0.4 is 10.1 Å². The van der Waals surface area contributed by atoms with Crippen molar-refractivity contribution in [2.24, 2.45) is 11.3 Å². The summed E-state index contributed by atoms with van der Waals surface area (Å²) in [5.74, 6) is 0.314. The number of hydrogen-bond acceptors (Lipinski definition) is 4. The van der Waals surface area contributed by atoms with E-state index in [-0.39, 0.29) is 11.4 Å². The molecular formula is C25H40N2O5. The summed E-state index contributed by atoms with van der Waals surface area (Å²) in [7, 11) is 0. The van der Waals surface area contributed by atoms with Gasteiger partial charge in [-0.1, -0.05) is 45.7 Å². The van der Waals surface area contributed by atoms with E-state index in [2.05, 4.69) is 26.1 Å². The highest BCUT2D eigenvalue weighted by atomic mass is 16.5. The van der Waals surface area contributed by atoms with Crippen molar-refractivity contribution in [2.75, 3.05) is 32.8 Å². The first-order valence-electron chi connectivity index (χ1n) is 11.8. The number of hydrogen-bond donors (Lipinski definition) is 2. The SMILES string of the molecule is CCOC(Cc1ccc(OCCN(CC2CCCC2)C(=O)NCC(C)(C)C)cc1)C(=O)O. The second-order valence-corrected chi connectivity index (χ2v) is 9.79. The molecule has 7 heteroatoms. The molecule has 0 heterocycles. The molecule has 1 saturated carbocycles. The van der Waals surface area contributed by atoms with E-state index in [1.54, 1.807) is 6.92 Å². The normalized spacial score (nSPS) is 15.4. The third-order valence-electron chi connectivity index (χ3n) is 5.63. The Kier molecular flexibility index (Phi) is 10.3. The first-order valence-corrected chi connectivity index (χ1v) is 11.8. The molecule has 1 aliphatic carbocycles. The van der Waals surface area contributed by atoms with Crippen molar-refractivity contribution in [1.82, 2.24) is 10.2 Å². The minimum atomic E-state index is -0.959. The van der Waals surface area contributed by atoms with Crippen LogP contribution in [0.5, 0.6) is 5.75 Å². The molecule has 2 N–H and O–H groups in total. The van der Waals surface area contributed by atoms with Crippen LogP contribution in [0.3, 0.4) is 0 Å². The van der Waals surface area contributed by atoms with Gasteiger partial charge in [-0.3, -0.25) is 0 Å². The van der Waals surface area contributed by atoms with E-state index in [0.717, 1.165) is 12.1 Å². The number of urea groups is 1. The summed E-state index contributed by atoms with van der Waals surface area (Å²) < 4.78 is 11.2. The van der Waals surface area contributed by atoms with E-state index in [1.165, 1.54) is 25.7 Å². The number of carbonyl (C=O) groups excluding carboxylic acids is 1. The summed E-state index contributed by atoms with van der Waals surface area (Å²) in [6.07, 6.45) is 4.33. The molecule has 0 aliphatic heterocycles. The first kappa shape index (κ1) is 26.0. The molecule has 0 bridgehead atoms. The third-order valence-corrected chi connectivity index (χ3v) is 5.63. The zero-order valence-corrected chi connectivity index (χ0v) is 20.1. The van der Waals surface area contributed by atoms with Gasteiger partial charge in [-0.25, -0.2) is 9.59 Å². The molecule has 0 aromatic heterocycles. The number of rotatable bonds is 12. The fourth-order valence-electron chi connectivity index (χ4n) is 3.86. The smallest absolute Gasteiger partial charge is 0.333 e. The summed E-state index contributed by atoms with van der Waals surface area (Å²) >= 11 is 0. The molecule has 7 nitrogen and oxygen atoms in total. The number of nitrogens with one attached hydrogen (secondary N) is 1. The number of benzene rings is 1. The van der Waals surface area contributed by atoms with Crippen LogP contribution in [0.4, 0.5) is 4.79 Å². The lowest BCUT2D eigenvalue weighted by atomic mass is 9.97. The van der Waals surface area contributed by atoms with Gasteiger partial charge < -0.3 is 24.8 Å². The zero-order valence-electron chi connectivity index (χ0n) is 20.1. The lowest BCUT2D eigenvalue weighted by molar-refractivity contribution is -0.149. The molecule has 1 unspecified atom stereocenters. The van der Waals surface area contributed by atoms with Crippen molar-refractivity contribution >= 4 is 12.0 Å². The Balaban J connectivity index is 1.87. The number of carboxylic acid groups (broad SMARTS) is 1. The van der Waals surface area contributed by atoms with Crippen molar-refractivity contribution in [3.05, 3.63) is 29.8 Å². The standard InChI is InChI=1S/C25H40N2O5/c1-5-31-22(23(28)29)16-19-10-12-21(13-11-19)32-15-14-27(17-20-8-6-7-9-20)24(30)26-18-25(2,3)4/h10-13,20,22H,5-9,14-18H2,1-4H3,(H,26,30)(H,28,29). The van der Waals surface area contributed by atoms with E-state index >= 15 is 0 Å². The Morgan fingerprint density at radius 2 is 1.84 bits per heavy atom. The Bertz CT molecular complexity index is 708. The van der Waals surface area contributed by atoms with Gasteiger partial charge in [0.2, 0.25) is 0 Å². The number of amides is 2. The van der Waals surface area contributed by atoms with Crippen LogP contribution in [0.25, 0.3) is 0 Å². The maximum absolute atomic E-state index is 12.8. The van der Waals surface area contributed by atoms with Gasteiger partial charge in [-0.05, 0) is 48.8 Å². The molecule has 0 spiro atoms. The fourth-order valence-corrected chi connectivity index (χ4v) is 3.86. The maximum atomic E-state index is 12.8. The highest BCUT2D eigenvalue weighted by Gasteiger charge is 2.23. The zero-order chi connectivity index (χ0) is 23.6. The van der Waals surface area contributed by atoms with Crippen LogP contribution in [0, 0.1) is 11.3 Å². The lowest BCUT2D eigenvalue weighted by Crippen LogP contribution is -2.46. The Morgan fingerprint density at radius 1 is 1.19 bits per heavy atom. The summed E-state index contributed by atoms with van der Waals surface area (Å²) in [6, 6.07) is 7.36. The number of carbonyl (C=O) groups is 2. The molecule has 2 amide bonds. The second kappa shape index (κ2) is 12.7. The Morgan fingerprint density at radius 3 is 2.41 bits per heavy atom. The van der Waals surface area contributed by atoms with Crippen molar-refractivity contribution in [1.29, 1.82) is 0 Å². The minimum Gasteiger partial charge on any atom is -0.492 e. The Labute approximate surface area is 192 Å². The number of nitrogens with zero attached hydrogens (tertiary/aromatic N) is 1. The van der Waals surface area contributed by atoms with Crippen molar-refractivity contribution in [3.63, 3.8) is 0 Å². The first-order chi connectivity index (χ1) is 15.2. The topological polar surface area (TPSA) is 88.1 Å². The number of aliphatic carboxylic acids is 1. The molecule has 180 valence electrons. The highest BCUT2D eigenvalue weighted by Crippen LogP contribution is 2.25. The average molecular weight is 449 g/mol. The predicted molar refractivity (Wildman–Crippen MR) is 125 cm³/mol. The molecule has 1 fully saturated rings. The molecule has 1 aromatic rings. The largest absolute Gasteiger partial charge is 0.492 e. The van der Waals surface area contributed by atoms with Gasteiger partial charge in [0.25, 0.3) is 0 Å².